The van der Waals surface area contributed by atoms with E-state index in [2.05, 4.69) is 29.5 Å². The van der Waals surface area contributed by atoms with Crippen molar-refractivity contribution in [2.45, 2.75) is 6.92 Å². The largest absolute Gasteiger partial charge is 0.616 e. The molecule has 9 heteroatoms. The molecule has 0 unspecified atom stereocenters. The number of hydrogen-bond donors (Lipinski definition) is 1. The third-order valence-corrected chi connectivity index (χ3v) is 6.09. The van der Waals surface area contributed by atoms with E-state index >= 15 is 0 Å². The number of aryl methyl sites for hydroxylation is 1. The minimum absolute atomic E-state index is 0.595. The highest BCUT2D eigenvalue weighted by Crippen LogP contribution is 2.25. The van der Waals surface area contributed by atoms with Gasteiger partial charge in [0.2, 0.25) is 5.13 Å². The van der Waals surface area contributed by atoms with Crippen LogP contribution in [0.3, 0.4) is 0 Å². The lowest BCUT2D eigenvalue weighted by Crippen LogP contribution is -2.40. The molecule has 0 aromatic carbocycles. The summed E-state index contributed by atoms with van der Waals surface area (Å²) >= 11 is 0.606. The van der Waals surface area contributed by atoms with E-state index in [1.165, 1.54) is 11.5 Å². The van der Waals surface area contributed by atoms with Crippen molar-refractivity contribution in [2.75, 3.05) is 34.8 Å². The Balaban J connectivity index is 1.46. The van der Waals surface area contributed by atoms with Crippen molar-refractivity contribution in [3.05, 3.63) is 42.2 Å². The van der Waals surface area contributed by atoms with Crippen LogP contribution in [0.15, 0.2) is 36.7 Å². The van der Waals surface area contributed by atoms with E-state index in [0.29, 0.717) is 11.0 Å². The maximum Gasteiger partial charge on any atom is 0.208 e. The fourth-order valence-corrected chi connectivity index (χ4v) is 4.33. The molecule has 0 bridgehead atoms. The molecule has 4 heterocycles. The van der Waals surface area contributed by atoms with E-state index < -0.39 is 11.2 Å². The van der Waals surface area contributed by atoms with Gasteiger partial charge in [0.15, 0.2) is 5.82 Å². The van der Waals surface area contributed by atoms with Crippen molar-refractivity contribution >= 4 is 39.3 Å². The third kappa shape index (κ3) is 3.79. The molecule has 3 aromatic rings. The quantitative estimate of drug-likeness (QED) is 0.689. The van der Waals surface area contributed by atoms with Crippen LogP contribution in [0.4, 0.5) is 16.6 Å². The van der Waals surface area contributed by atoms with Crippen LogP contribution in [0.1, 0.15) is 5.56 Å². The minimum atomic E-state index is -0.678. The second kappa shape index (κ2) is 7.56. The lowest BCUT2D eigenvalue weighted by Gasteiger charge is -2.29. The molecule has 0 spiro atoms. The summed E-state index contributed by atoms with van der Waals surface area (Å²) in [5.74, 6) is 2.81. The van der Waals surface area contributed by atoms with Crippen LogP contribution < -0.4 is 10.2 Å². The van der Waals surface area contributed by atoms with Gasteiger partial charge in [0.05, 0.1) is 25.0 Å². The lowest BCUT2D eigenvalue weighted by molar-refractivity contribution is 0.586. The molecule has 3 aromatic heterocycles. The zero-order valence-electron chi connectivity index (χ0n) is 14.3. The average Bonchev–Trinajstić information content (AvgIpc) is 3.13. The van der Waals surface area contributed by atoms with Gasteiger partial charge in [-0.1, -0.05) is 17.2 Å². The molecule has 0 atom stereocenters. The first-order valence-corrected chi connectivity index (χ1v) is 10.5. The van der Waals surface area contributed by atoms with Crippen molar-refractivity contribution in [3.63, 3.8) is 0 Å². The van der Waals surface area contributed by atoms with Gasteiger partial charge < -0.3 is 14.8 Å². The molecule has 1 aliphatic rings. The van der Waals surface area contributed by atoms with Crippen LogP contribution in [0.2, 0.25) is 0 Å². The summed E-state index contributed by atoms with van der Waals surface area (Å²) in [6.07, 6.45) is 3.58. The van der Waals surface area contributed by atoms with Crippen molar-refractivity contribution in [1.29, 1.82) is 0 Å². The smallest absolute Gasteiger partial charge is 0.208 e. The molecule has 4 rings (SSSR count). The van der Waals surface area contributed by atoms with E-state index in [9.17, 15) is 4.55 Å². The molecule has 1 aliphatic heterocycles. The maximum atomic E-state index is 11.5. The molecule has 1 saturated heterocycles. The van der Waals surface area contributed by atoms with Crippen molar-refractivity contribution < 1.29 is 4.55 Å². The van der Waals surface area contributed by atoms with Gasteiger partial charge in [-0.05, 0) is 30.7 Å². The van der Waals surface area contributed by atoms with Crippen LogP contribution >= 0.6 is 11.5 Å². The first-order chi connectivity index (χ1) is 12.7. The average molecular weight is 387 g/mol. The number of anilines is 3. The highest BCUT2D eigenvalue weighted by atomic mass is 32.2. The van der Waals surface area contributed by atoms with Gasteiger partial charge in [0.25, 0.3) is 0 Å². The first-order valence-electron chi connectivity index (χ1n) is 8.28. The summed E-state index contributed by atoms with van der Waals surface area (Å²) in [4.78, 5) is 15.5. The van der Waals surface area contributed by atoms with E-state index in [0.717, 1.165) is 47.4 Å². The third-order valence-electron chi connectivity index (χ3n) is 4.18. The number of rotatable bonds is 4. The molecule has 26 heavy (non-hydrogen) atoms. The van der Waals surface area contributed by atoms with E-state index in [4.69, 9.17) is 0 Å². The van der Waals surface area contributed by atoms with Crippen molar-refractivity contribution in [3.8, 4) is 11.5 Å². The molecule has 7 nitrogen and oxygen atoms in total. The molecule has 0 aliphatic carbocycles. The summed E-state index contributed by atoms with van der Waals surface area (Å²) in [5, 5.41) is 3.88. The predicted molar refractivity (Wildman–Crippen MR) is 105 cm³/mol. The van der Waals surface area contributed by atoms with Crippen LogP contribution in [-0.4, -0.2) is 48.5 Å². The SMILES string of the molecule is Cc1cccnc1Nc1nc(-c2ccc(N3CC[S+]([O-])CC3)cn2)ns1. The molecule has 134 valence electrons. The van der Waals surface area contributed by atoms with Crippen molar-refractivity contribution in [1.82, 2.24) is 19.3 Å². The summed E-state index contributed by atoms with van der Waals surface area (Å²) in [5.41, 5.74) is 2.83. The molecular formula is C17H18N6OS2. The molecule has 1 N–H and O–H groups in total. The van der Waals surface area contributed by atoms with Gasteiger partial charge in [0.1, 0.15) is 23.0 Å². The number of hydrogen-bond acceptors (Lipinski definition) is 8. The van der Waals surface area contributed by atoms with Gasteiger partial charge in [-0.25, -0.2) is 4.98 Å². The second-order valence-electron chi connectivity index (χ2n) is 5.95. The van der Waals surface area contributed by atoms with Crippen molar-refractivity contribution in [2.24, 2.45) is 0 Å². The summed E-state index contributed by atoms with van der Waals surface area (Å²) in [7, 11) is 0. The molecule has 0 amide bonds. The zero-order valence-corrected chi connectivity index (χ0v) is 15.9. The molecule has 0 saturated carbocycles. The Hall–Kier alpha value is -2.23. The van der Waals surface area contributed by atoms with Crippen LogP contribution in [0.25, 0.3) is 11.5 Å². The summed E-state index contributed by atoms with van der Waals surface area (Å²) in [6, 6.07) is 7.84. The zero-order chi connectivity index (χ0) is 17.9. The molecular weight excluding hydrogens is 368 g/mol. The normalized spacial score (nSPS) is 15.2. The predicted octanol–water partition coefficient (Wildman–Crippen LogP) is 2.62. The monoisotopic (exact) mass is 386 g/mol. The number of pyridine rings is 2. The maximum absolute atomic E-state index is 11.5. The number of aromatic nitrogens is 4. The molecule has 0 radical (unpaired) electrons. The Morgan fingerprint density at radius 3 is 2.77 bits per heavy atom. The van der Waals surface area contributed by atoms with Crippen LogP contribution in [-0.2, 0) is 11.2 Å². The Kier molecular flexibility index (Phi) is 5.00. The topological polar surface area (TPSA) is 89.9 Å². The fraction of sp³-hybridized carbons (Fsp3) is 0.294. The van der Waals surface area contributed by atoms with Crippen LogP contribution in [0.5, 0.6) is 0 Å². The van der Waals surface area contributed by atoms with Gasteiger partial charge in [-0.2, -0.15) is 9.36 Å². The minimum Gasteiger partial charge on any atom is -0.616 e. The lowest BCUT2D eigenvalue weighted by atomic mass is 10.3. The van der Waals surface area contributed by atoms with E-state index in [-0.39, 0.29) is 0 Å². The highest BCUT2D eigenvalue weighted by Gasteiger charge is 2.20. The standard InChI is InChI=1S/C17H18N6OS2/c1-12-3-2-6-18-15(12)20-17-21-16(22-25-17)14-5-4-13(11-19-14)23-7-9-26(24)10-8-23/h2-6,11H,7-10H2,1H3,(H,18,20,21,22). The Morgan fingerprint density at radius 2 is 2.04 bits per heavy atom. The Labute approximate surface area is 158 Å². The highest BCUT2D eigenvalue weighted by molar-refractivity contribution is 7.91. The van der Waals surface area contributed by atoms with Gasteiger partial charge in [-0.15, -0.1) is 0 Å². The number of nitrogens with zero attached hydrogens (tertiary/aromatic N) is 5. The molecule has 1 fully saturated rings. The van der Waals surface area contributed by atoms with Gasteiger partial charge in [0, 0.05) is 17.7 Å². The van der Waals surface area contributed by atoms with Gasteiger partial charge >= 0.3 is 0 Å². The van der Waals surface area contributed by atoms with E-state index in [1.807, 2.05) is 37.4 Å². The first kappa shape index (κ1) is 17.2. The number of nitrogens with one attached hydrogen (secondary N) is 1. The second-order valence-corrected chi connectivity index (χ2v) is 8.40. The summed E-state index contributed by atoms with van der Waals surface area (Å²) in [6.45, 7) is 3.61. The van der Waals surface area contributed by atoms with Crippen LogP contribution in [0, 0.1) is 6.92 Å². The summed E-state index contributed by atoms with van der Waals surface area (Å²) < 4.78 is 15.9. The Bertz CT molecular complexity index is 877. The van der Waals surface area contributed by atoms with E-state index in [1.54, 1.807) is 6.20 Å². The fourth-order valence-electron chi connectivity index (χ4n) is 2.70. The Morgan fingerprint density at radius 1 is 1.19 bits per heavy atom. The van der Waals surface area contributed by atoms with Gasteiger partial charge in [-0.3, -0.25) is 4.98 Å².